The Morgan fingerprint density at radius 2 is 2.12 bits per heavy atom. The second-order valence-corrected chi connectivity index (χ2v) is 4.65. The second-order valence-electron chi connectivity index (χ2n) is 4.65. The number of para-hydroxylation sites is 1. The molecule has 0 aliphatic rings. The maximum Gasteiger partial charge on any atom is 0.327 e. The van der Waals surface area contributed by atoms with Gasteiger partial charge in [0.15, 0.2) is 0 Å². The molecule has 0 saturated heterocycles. The lowest BCUT2D eigenvalue weighted by Gasteiger charge is -2.26. The molecule has 0 bridgehead atoms. The molecule has 17 heavy (non-hydrogen) atoms. The molecule has 5 heteroatoms. The Labute approximate surface area is 100.0 Å². The highest BCUT2D eigenvalue weighted by molar-refractivity contribution is 5.63. The van der Waals surface area contributed by atoms with Crippen molar-refractivity contribution in [3.63, 3.8) is 0 Å². The van der Waals surface area contributed by atoms with E-state index in [0.29, 0.717) is 0 Å². The summed E-state index contributed by atoms with van der Waals surface area (Å²) in [6.45, 7) is 5.90. The van der Waals surface area contributed by atoms with Gasteiger partial charge >= 0.3 is 5.69 Å². The maximum atomic E-state index is 13.4. The maximum absolute atomic E-state index is 13.4. The minimum atomic E-state index is -0.813. The van der Waals surface area contributed by atoms with Crippen LogP contribution < -0.4 is 5.32 Å². The number of nitro groups is 1. The van der Waals surface area contributed by atoms with Crippen LogP contribution in [0, 0.1) is 15.9 Å². The molecule has 0 unspecified atom stereocenters. The molecule has 0 radical (unpaired) electrons. The highest BCUT2D eigenvalue weighted by atomic mass is 19.1. The van der Waals surface area contributed by atoms with E-state index in [2.05, 4.69) is 5.32 Å². The average Bonchev–Trinajstić information content (AvgIpc) is 2.15. The quantitative estimate of drug-likeness (QED) is 0.630. The smallest absolute Gasteiger partial charge is 0.327 e. The lowest BCUT2D eigenvalue weighted by Crippen LogP contribution is -2.30. The van der Waals surface area contributed by atoms with Crippen molar-refractivity contribution in [2.75, 3.05) is 5.32 Å². The molecule has 1 N–H and O–H groups in total. The number of anilines is 1. The Hall–Kier alpha value is -1.65. The minimum Gasteiger partial charge on any atom is -0.375 e. The lowest BCUT2D eigenvalue weighted by atomic mass is 9.98. The van der Waals surface area contributed by atoms with Gasteiger partial charge in [-0.25, -0.2) is 0 Å². The topological polar surface area (TPSA) is 55.2 Å². The molecular weight excluding hydrogens is 223 g/mol. The predicted octanol–water partition coefficient (Wildman–Crippen LogP) is 3.72. The van der Waals surface area contributed by atoms with E-state index in [1.165, 1.54) is 12.1 Å². The summed E-state index contributed by atoms with van der Waals surface area (Å²) in [7, 11) is 0. The molecule has 1 aromatic carbocycles. The van der Waals surface area contributed by atoms with Gasteiger partial charge in [-0.2, -0.15) is 4.39 Å². The zero-order valence-electron chi connectivity index (χ0n) is 10.3. The van der Waals surface area contributed by atoms with Gasteiger partial charge in [0.25, 0.3) is 0 Å². The summed E-state index contributed by atoms with van der Waals surface area (Å²) in [6, 6.07) is 4.08. The van der Waals surface area contributed by atoms with Crippen LogP contribution >= 0.6 is 0 Å². The van der Waals surface area contributed by atoms with Gasteiger partial charge in [-0.1, -0.05) is 19.4 Å². The number of nitrogens with one attached hydrogen (secondary N) is 1. The van der Waals surface area contributed by atoms with E-state index < -0.39 is 16.4 Å². The molecule has 1 rings (SSSR count). The minimum absolute atomic E-state index is 0.230. The van der Waals surface area contributed by atoms with Crippen molar-refractivity contribution in [2.45, 2.75) is 39.2 Å². The van der Waals surface area contributed by atoms with Crippen molar-refractivity contribution in [1.29, 1.82) is 0 Å². The number of hydrogen-bond donors (Lipinski definition) is 1. The Morgan fingerprint density at radius 1 is 1.47 bits per heavy atom. The van der Waals surface area contributed by atoms with Crippen molar-refractivity contribution >= 4 is 11.4 Å². The standard InChI is InChI=1S/C12H17FN2O2/c1-4-8-12(2,3)14-10-7-5-6-9(13)11(10)15(16)17/h5-7,14H,4,8H2,1-3H3. The van der Waals surface area contributed by atoms with Crippen LogP contribution in [-0.2, 0) is 0 Å². The van der Waals surface area contributed by atoms with E-state index in [1.54, 1.807) is 0 Å². The van der Waals surface area contributed by atoms with Crippen LogP contribution in [0.1, 0.15) is 33.6 Å². The number of rotatable bonds is 5. The molecule has 1 aromatic rings. The fourth-order valence-electron chi connectivity index (χ4n) is 1.85. The van der Waals surface area contributed by atoms with E-state index in [-0.39, 0.29) is 11.2 Å². The Balaban J connectivity index is 3.06. The second kappa shape index (κ2) is 5.12. The van der Waals surface area contributed by atoms with Gasteiger partial charge in [0.05, 0.1) is 4.92 Å². The number of nitrogens with zero attached hydrogens (tertiary/aromatic N) is 1. The van der Waals surface area contributed by atoms with E-state index in [9.17, 15) is 14.5 Å². The summed E-state index contributed by atoms with van der Waals surface area (Å²) >= 11 is 0. The van der Waals surface area contributed by atoms with Gasteiger partial charge in [-0.05, 0) is 32.4 Å². The molecule has 0 aromatic heterocycles. The predicted molar refractivity (Wildman–Crippen MR) is 65.7 cm³/mol. The molecule has 0 atom stereocenters. The van der Waals surface area contributed by atoms with E-state index in [0.717, 1.165) is 18.9 Å². The first kappa shape index (κ1) is 13.4. The van der Waals surface area contributed by atoms with Crippen molar-refractivity contribution in [3.8, 4) is 0 Å². The van der Waals surface area contributed by atoms with Gasteiger partial charge < -0.3 is 5.32 Å². The summed E-state index contributed by atoms with van der Waals surface area (Å²) in [5.74, 6) is -0.813. The molecule has 0 fully saturated rings. The molecule has 4 nitrogen and oxygen atoms in total. The number of halogens is 1. The van der Waals surface area contributed by atoms with E-state index in [4.69, 9.17) is 0 Å². The number of hydrogen-bond acceptors (Lipinski definition) is 3. The van der Waals surface area contributed by atoms with E-state index in [1.807, 2.05) is 20.8 Å². The summed E-state index contributed by atoms with van der Waals surface area (Å²) in [5.41, 5.74) is -0.557. The zero-order valence-corrected chi connectivity index (χ0v) is 10.3. The van der Waals surface area contributed by atoms with Crippen LogP contribution in [0.25, 0.3) is 0 Å². The SMILES string of the molecule is CCCC(C)(C)Nc1cccc(F)c1[N+](=O)[O-]. The third kappa shape index (κ3) is 3.41. The molecule has 0 amide bonds. The third-order valence-corrected chi connectivity index (χ3v) is 2.52. The van der Waals surface area contributed by atoms with Gasteiger partial charge in [0.1, 0.15) is 5.69 Å². The molecule has 0 saturated carbocycles. The Bertz CT molecular complexity index is 419. The van der Waals surface area contributed by atoms with Gasteiger partial charge in [-0.15, -0.1) is 0 Å². The Kier molecular flexibility index (Phi) is 4.04. The highest BCUT2D eigenvalue weighted by Crippen LogP contribution is 2.30. The van der Waals surface area contributed by atoms with Crippen molar-refractivity contribution < 1.29 is 9.31 Å². The number of nitro benzene ring substituents is 1. The first-order valence-electron chi connectivity index (χ1n) is 5.58. The summed E-state index contributed by atoms with van der Waals surface area (Å²) in [6.07, 6.45) is 1.80. The third-order valence-electron chi connectivity index (χ3n) is 2.52. The van der Waals surface area contributed by atoms with Gasteiger partial charge in [0.2, 0.25) is 5.82 Å². The summed E-state index contributed by atoms with van der Waals surface area (Å²) < 4.78 is 13.4. The lowest BCUT2D eigenvalue weighted by molar-refractivity contribution is -0.386. The van der Waals surface area contributed by atoms with Crippen LogP contribution in [0.3, 0.4) is 0 Å². The normalized spacial score (nSPS) is 11.3. The first-order valence-corrected chi connectivity index (χ1v) is 5.58. The fraction of sp³-hybridized carbons (Fsp3) is 0.500. The summed E-state index contributed by atoms with van der Waals surface area (Å²) in [5, 5.41) is 13.8. The molecule has 0 spiro atoms. The largest absolute Gasteiger partial charge is 0.375 e. The van der Waals surface area contributed by atoms with Crippen LogP contribution in [0.5, 0.6) is 0 Å². The fourth-order valence-corrected chi connectivity index (χ4v) is 1.85. The van der Waals surface area contributed by atoms with Crippen LogP contribution in [-0.4, -0.2) is 10.5 Å². The average molecular weight is 240 g/mol. The first-order chi connectivity index (χ1) is 7.87. The molecule has 0 heterocycles. The van der Waals surface area contributed by atoms with Gasteiger partial charge in [0, 0.05) is 5.54 Å². The van der Waals surface area contributed by atoms with Crippen LogP contribution in [0.2, 0.25) is 0 Å². The molecule has 94 valence electrons. The van der Waals surface area contributed by atoms with Crippen molar-refractivity contribution in [3.05, 3.63) is 34.1 Å². The zero-order chi connectivity index (χ0) is 13.1. The van der Waals surface area contributed by atoms with Crippen molar-refractivity contribution in [1.82, 2.24) is 0 Å². The number of benzene rings is 1. The van der Waals surface area contributed by atoms with Crippen LogP contribution in [0.4, 0.5) is 15.8 Å². The van der Waals surface area contributed by atoms with E-state index >= 15 is 0 Å². The van der Waals surface area contributed by atoms with Crippen molar-refractivity contribution in [2.24, 2.45) is 0 Å². The Morgan fingerprint density at radius 3 is 2.65 bits per heavy atom. The highest BCUT2D eigenvalue weighted by Gasteiger charge is 2.24. The monoisotopic (exact) mass is 240 g/mol. The molecular formula is C12H17FN2O2. The van der Waals surface area contributed by atoms with Crippen LogP contribution in [0.15, 0.2) is 18.2 Å². The molecule has 0 aliphatic carbocycles. The molecule has 0 aliphatic heterocycles. The van der Waals surface area contributed by atoms with Gasteiger partial charge in [-0.3, -0.25) is 10.1 Å². The summed E-state index contributed by atoms with van der Waals surface area (Å²) in [4.78, 5) is 10.1.